The van der Waals surface area contributed by atoms with Crippen LogP contribution in [0.5, 0.6) is 0 Å². The van der Waals surface area contributed by atoms with Gasteiger partial charge in [0.05, 0.1) is 16.9 Å². The highest BCUT2D eigenvalue weighted by Gasteiger charge is 2.22. The van der Waals surface area contributed by atoms with Gasteiger partial charge in [0.15, 0.2) is 0 Å². The van der Waals surface area contributed by atoms with E-state index in [1.807, 2.05) is 37.3 Å². The topological polar surface area (TPSA) is 40.5 Å². The number of aliphatic hydroxyl groups is 1. The maximum Gasteiger partial charge on any atom is 0.0542 e. The summed E-state index contributed by atoms with van der Waals surface area (Å²) in [5.74, 6) is 1.14. The largest absolute Gasteiger partial charge is 0.393 e. The Labute approximate surface area is 118 Å². The minimum atomic E-state index is -0.894. The molecule has 0 aromatic heterocycles. The standard InChI is InChI=1S/C15H23NO2S/c1-13(17)14-7-9-16(10-8-14)11-12-19(18)15-5-3-2-4-6-15/h2-6,13-14,17H,7-12H2,1H3. The van der Waals surface area contributed by atoms with Gasteiger partial charge in [0.1, 0.15) is 0 Å². The van der Waals surface area contributed by atoms with Gasteiger partial charge in [-0.25, -0.2) is 0 Å². The van der Waals surface area contributed by atoms with Crippen molar-refractivity contribution < 1.29 is 9.32 Å². The zero-order valence-electron chi connectivity index (χ0n) is 11.5. The highest BCUT2D eigenvalue weighted by Crippen LogP contribution is 2.20. The Morgan fingerprint density at radius 2 is 1.95 bits per heavy atom. The van der Waals surface area contributed by atoms with Gasteiger partial charge in [-0.2, -0.15) is 0 Å². The van der Waals surface area contributed by atoms with Crippen LogP contribution in [0.2, 0.25) is 0 Å². The van der Waals surface area contributed by atoms with Gasteiger partial charge in [0, 0.05) is 17.2 Å². The molecule has 3 nitrogen and oxygen atoms in total. The number of piperidine rings is 1. The van der Waals surface area contributed by atoms with Crippen LogP contribution in [0, 0.1) is 5.92 Å². The molecule has 19 heavy (non-hydrogen) atoms. The van der Waals surface area contributed by atoms with Crippen LogP contribution in [-0.2, 0) is 10.8 Å². The SMILES string of the molecule is CC(O)C1CCN(CCS(=O)c2ccccc2)CC1. The third-order valence-corrected chi connectivity index (χ3v) is 5.26. The summed E-state index contributed by atoms with van der Waals surface area (Å²) in [7, 11) is -0.894. The molecule has 1 fully saturated rings. The van der Waals surface area contributed by atoms with E-state index in [4.69, 9.17) is 0 Å². The van der Waals surface area contributed by atoms with Crippen LogP contribution < -0.4 is 0 Å². The van der Waals surface area contributed by atoms with Crippen molar-refractivity contribution in [2.75, 3.05) is 25.4 Å². The average molecular weight is 281 g/mol. The van der Waals surface area contributed by atoms with Crippen molar-refractivity contribution in [3.8, 4) is 0 Å². The highest BCUT2D eigenvalue weighted by atomic mass is 32.2. The molecule has 0 bridgehead atoms. The molecule has 106 valence electrons. The molecule has 2 rings (SSSR count). The molecule has 4 heteroatoms. The second kappa shape index (κ2) is 7.17. The second-order valence-electron chi connectivity index (χ2n) is 5.28. The highest BCUT2D eigenvalue weighted by molar-refractivity contribution is 7.85. The number of hydrogen-bond acceptors (Lipinski definition) is 3. The van der Waals surface area contributed by atoms with Crippen LogP contribution in [-0.4, -0.2) is 45.7 Å². The summed E-state index contributed by atoms with van der Waals surface area (Å²) in [5, 5.41) is 9.56. The normalized spacial score (nSPS) is 21.2. The van der Waals surface area contributed by atoms with E-state index in [1.54, 1.807) is 0 Å². The first-order valence-electron chi connectivity index (χ1n) is 7.00. The molecule has 1 N–H and O–H groups in total. The Hall–Kier alpha value is -0.710. The third kappa shape index (κ3) is 4.41. The van der Waals surface area contributed by atoms with Crippen LogP contribution in [0.25, 0.3) is 0 Å². The first-order chi connectivity index (χ1) is 9.16. The van der Waals surface area contributed by atoms with Crippen LogP contribution in [0.15, 0.2) is 35.2 Å². The maximum absolute atomic E-state index is 12.1. The molecule has 0 saturated carbocycles. The predicted octanol–water partition coefficient (Wildman–Crippen LogP) is 1.89. The van der Waals surface area contributed by atoms with Gasteiger partial charge in [-0.05, 0) is 50.9 Å². The summed E-state index contributed by atoms with van der Waals surface area (Å²) in [6.07, 6.45) is 1.91. The molecular formula is C15H23NO2S. The van der Waals surface area contributed by atoms with Crippen molar-refractivity contribution in [2.24, 2.45) is 5.92 Å². The van der Waals surface area contributed by atoms with E-state index < -0.39 is 10.8 Å². The lowest BCUT2D eigenvalue weighted by molar-refractivity contribution is 0.0739. The number of rotatable bonds is 5. The van der Waals surface area contributed by atoms with Crippen LogP contribution >= 0.6 is 0 Å². The van der Waals surface area contributed by atoms with Gasteiger partial charge >= 0.3 is 0 Å². The van der Waals surface area contributed by atoms with Crippen LogP contribution in [0.1, 0.15) is 19.8 Å². The molecule has 2 unspecified atom stereocenters. The lowest BCUT2D eigenvalue weighted by Crippen LogP contribution is -2.38. The summed E-state index contributed by atoms with van der Waals surface area (Å²) in [5.41, 5.74) is 0. The Balaban J connectivity index is 1.74. The number of hydrogen-bond donors (Lipinski definition) is 1. The maximum atomic E-state index is 12.1. The zero-order chi connectivity index (χ0) is 13.7. The summed E-state index contributed by atoms with van der Waals surface area (Å²) in [6, 6.07) is 9.66. The molecule has 0 spiro atoms. The Kier molecular flexibility index (Phi) is 5.55. The van der Waals surface area contributed by atoms with Crippen molar-refractivity contribution in [1.82, 2.24) is 4.90 Å². The first-order valence-corrected chi connectivity index (χ1v) is 8.32. The number of benzene rings is 1. The van der Waals surface area contributed by atoms with Gasteiger partial charge in [-0.15, -0.1) is 0 Å². The van der Waals surface area contributed by atoms with Crippen molar-refractivity contribution in [2.45, 2.75) is 30.8 Å². The second-order valence-corrected chi connectivity index (χ2v) is 6.85. The van der Waals surface area contributed by atoms with Gasteiger partial charge in [0.25, 0.3) is 0 Å². The van der Waals surface area contributed by atoms with E-state index in [2.05, 4.69) is 4.90 Å². The molecule has 0 radical (unpaired) electrons. The van der Waals surface area contributed by atoms with E-state index in [0.29, 0.717) is 11.7 Å². The molecular weight excluding hydrogens is 258 g/mol. The summed E-state index contributed by atoms with van der Waals surface area (Å²) < 4.78 is 12.1. The van der Waals surface area contributed by atoms with Crippen LogP contribution in [0.3, 0.4) is 0 Å². The van der Waals surface area contributed by atoms with E-state index in [9.17, 15) is 9.32 Å². The summed E-state index contributed by atoms with van der Waals surface area (Å²) in [4.78, 5) is 3.28. The van der Waals surface area contributed by atoms with Gasteiger partial charge in [-0.3, -0.25) is 4.21 Å². The van der Waals surface area contributed by atoms with E-state index in [1.165, 1.54) is 0 Å². The van der Waals surface area contributed by atoms with E-state index in [0.717, 1.165) is 37.4 Å². The Bertz CT molecular complexity index is 400. The minimum absolute atomic E-state index is 0.194. The lowest BCUT2D eigenvalue weighted by atomic mass is 9.92. The van der Waals surface area contributed by atoms with Gasteiger partial charge < -0.3 is 10.0 Å². The smallest absolute Gasteiger partial charge is 0.0542 e. The van der Waals surface area contributed by atoms with Crippen molar-refractivity contribution in [1.29, 1.82) is 0 Å². The Morgan fingerprint density at radius 3 is 2.53 bits per heavy atom. The zero-order valence-corrected chi connectivity index (χ0v) is 12.3. The average Bonchev–Trinajstić information content (AvgIpc) is 2.46. The number of likely N-dealkylation sites (tertiary alicyclic amines) is 1. The summed E-state index contributed by atoms with van der Waals surface area (Å²) >= 11 is 0. The van der Waals surface area contributed by atoms with Crippen molar-refractivity contribution in [3.63, 3.8) is 0 Å². The monoisotopic (exact) mass is 281 g/mol. The third-order valence-electron chi connectivity index (χ3n) is 3.91. The van der Waals surface area contributed by atoms with Crippen molar-refractivity contribution >= 4 is 10.8 Å². The summed E-state index contributed by atoms with van der Waals surface area (Å²) in [6.45, 7) is 4.79. The number of nitrogens with zero attached hydrogens (tertiary/aromatic N) is 1. The quantitative estimate of drug-likeness (QED) is 0.896. The molecule has 1 saturated heterocycles. The Morgan fingerprint density at radius 1 is 1.32 bits per heavy atom. The van der Waals surface area contributed by atoms with E-state index in [-0.39, 0.29) is 6.10 Å². The predicted molar refractivity (Wildman–Crippen MR) is 78.6 cm³/mol. The van der Waals surface area contributed by atoms with Gasteiger partial charge in [-0.1, -0.05) is 18.2 Å². The molecule has 1 aromatic rings. The minimum Gasteiger partial charge on any atom is -0.393 e. The molecule has 2 atom stereocenters. The van der Waals surface area contributed by atoms with Crippen molar-refractivity contribution in [3.05, 3.63) is 30.3 Å². The molecule has 1 aliphatic rings. The molecule has 0 aliphatic carbocycles. The lowest BCUT2D eigenvalue weighted by Gasteiger charge is -2.33. The number of aliphatic hydroxyl groups excluding tert-OH is 1. The van der Waals surface area contributed by atoms with E-state index >= 15 is 0 Å². The fourth-order valence-electron chi connectivity index (χ4n) is 2.56. The molecule has 0 amide bonds. The molecule has 1 aromatic carbocycles. The first kappa shape index (κ1) is 14.7. The fourth-order valence-corrected chi connectivity index (χ4v) is 3.68. The molecule has 1 aliphatic heterocycles. The fraction of sp³-hybridized carbons (Fsp3) is 0.600. The van der Waals surface area contributed by atoms with Crippen LogP contribution in [0.4, 0.5) is 0 Å². The molecule has 1 heterocycles. The van der Waals surface area contributed by atoms with Gasteiger partial charge in [0.2, 0.25) is 0 Å².